The van der Waals surface area contributed by atoms with Crippen molar-refractivity contribution in [1.29, 1.82) is 0 Å². The minimum atomic E-state index is -0.506. The molecule has 0 radical (unpaired) electrons. The molecule has 0 unspecified atom stereocenters. The van der Waals surface area contributed by atoms with Crippen LogP contribution in [0.15, 0.2) is 42.5 Å². The molecule has 0 saturated heterocycles. The van der Waals surface area contributed by atoms with Gasteiger partial charge in [-0.2, -0.15) is 0 Å². The predicted molar refractivity (Wildman–Crippen MR) is 74.7 cm³/mol. The third kappa shape index (κ3) is 3.06. The number of anilines is 1. The number of carbonyl (C=O) groups excluding carboxylic acids is 1. The van der Waals surface area contributed by atoms with E-state index in [1.54, 1.807) is 31.3 Å². The summed E-state index contributed by atoms with van der Waals surface area (Å²) >= 11 is 0. The zero-order chi connectivity index (χ0) is 14.7. The van der Waals surface area contributed by atoms with E-state index in [4.69, 9.17) is 5.73 Å². The summed E-state index contributed by atoms with van der Waals surface area (Å²) in [5.74, 6) is -0.743. The summed E-state index contributed by atoms with van der Waals surface area (Å²) in [7, 11) is 1.59. The molecule has 0 heterocycles. The lowest BCUT2D eigenvalue weighted by Gasteiger charge is -2.18. The van der Waals surface area contributed by atoms with E-state index in [9.17, 15) is 14.3 Å². The van der Waals surface area contributed by atoms with E-state index in [-0.39, 0.29) is 22.9 Å². The number of phenolic OH excluding ortho intramolecular Hbond substituents is 1. The normalized spacial score (nSPS) is 10.3. The van der Waals surface area contributed by atoms with Crippen LogP contribution in [0.4, 0.5) is 10.1 Å². The van der Waals surface area contributed by atoms with Crippen molar-refractivity contribution in [1.82, 2.24) is 4.90 Å². The molecule has 2 aromatic rings. The van der Waals surface area contributed by atoms with Gasteiger partial charge >= 0.3 is 0 Å². The fourth-order valence-corrected chi connectivity index (χ4v) is 1.92. The summed E-state index contributed by atoms with van der Waals surface area (Å²) in [6.45, 7) is 0.295. The number of hydrogen-bond donors (Lipinski definition) is 2. The zero-order valence-electron chi connectivity index (χ0n) is 11.0. The summed E-state index contributed by atoms with van der Waals surface area (Å²) in [5.41, 5.74) is 6.83. The molecule has 0 spiro atoms. The molecule has 5 heteroatoms. The minimum absolute atomic E-state index is 0.132. The van der Waals surface area contributed by atoms with Crippen LogP contribution in [0.3, 0.4) is 0 Å². The second kappa shape index (κ2) is 5.61. The van der Waals surface area contributed by atoms with Gasteiger partial charge in [-0.25, -0.2) is 4.39 Å². The molecule has 2 aromatic carbocycles. The van der Waals surface area contributed by atoms with Gasteiger partial charge in [0.25, 0.3) is 5.91 Å². The second-order valence-corrected chi connectivity index (χ2v) is 4.56. The van der Waals surface area contributed by atoms with Gasteiger partial charge in [0, 0.05) is 19.3 Å². The Morgan fingerprint density at radius 2 is 2.05 bits per heavy atom. The van der Waals surface area contributed by atoms with E-state index in [2.05, 4.69) is 0 Å². The van der Waals surface area contributed by atoms with Gasteiger partial charge in [-0.05, 0) is 35.9 Å². The van der Waals surface area contributed by atoms with Gasteiger partial charge in [-0.1, -0.05) is 12.1 Å². The van der Waals surface area contributed by atoms with E-state index in [1.807, 2.05) is 0 Å². The average Bonchev–Trinajstić information content (AvgIpc) is 2.40. The molecule has 0 atom stereocenters. The Morgan fingerprint density at radius 3 is 2.75 bits per heavy atom. The molecular weight excluding hydrogens is 259 g/mol. The first-order valence-electron chi connectivity index (χ1n) is 6.06. The molecule has 0 aliphatic rings. The molecule has 1 amide bonds. The summed E-state index contributed by atoms with van der Waals surface area (Å²) in [5, 5.41) is 9.39. The van der Waals surface area contributed by atoms with Crippen molar-refractivity contribution in [2.24, 2.45) is 0 Å². The predicted octanol–water partition coefficient (Wildman–Crippen LogP) is 2.39. The quantitative estimate of drug-likeness (QED) is 0.844. The minimum Gasteiger partial charge on any atom is -0.508 e. The highest BCUT2D eigenvalue weighted by Gasteiger charge is 2.15. The molecule has 4 nitrogen and oxygen atoms in total. The number of benzene rings is 2. The van der Waals surface area contributed by atoms with E-state index in [1.165, 1.54) is 17.0 Å². The zero-order valence-corrected chi connectivity index (χ0v) is 11.0. The number of nitrogens with zero attached hydrogens (tertiary/aromatic N) is 1. The topological polar surface area (TPSA) is 66.6 Å². The van der Waals surface area contributed by atoms with Crippen LogP contribution >= 0.6 is 0 Å². The lowest BCUT2D eigenvalue weighted by Crippen LogP contribution is -2.27. The van der Waals surface area contributed by atoms with Crippen molar-refractivity contribution in [3.8, 4) is 5.75 Å². The van der Waals surface area contributed by atoms with Gasteiger partial charge in [0.1, 0.15) is 11.6 Å². The van der Waals surface area contributed by atoms with Gasteiger partial charge in [0.15, 0.2) is 0 Å². The monoisotopic (exact) mass is 274 g/mol. The van der Waals surface area contributed by atoms with Crippen LogP contribution in [0, 0.1) is 5.82 Å². The molecule has 0 aromatic heterocycles. The molecule has 2 rings (SSSR count). The number of halogens is 1. The van der Waals surface area contributed by atoms with Crippen molar-refractivity contribution >= 4 is 11.6 Å². The van der Waals surface area contributed by atoms with E-state index >= 15 is 0 Å². The van der Waals surface area contributed by atoms with E-state index < -0.39 is 5.82 Å². The largest absolute Gasteiger partial charge is 0.508 e. The SMILES string of the molecule is CN(Cc1cccc(O)c1)C(=O)c1cc(F)ccc1N. The molecule has 0 aliphatic heterocycles. The standard InChI is InChI=1S/C15H15FN2O2/c1-18(9-10-3-2-4-12(19)7-10)15(20)13-8-11(16)5-6-14(13)17/h2-8,19H,9,17H2,1H3. The van der Waals surface area contributed by atoms with Crippen molar-refractivity contribution in [2.75, 3.05) is 12.8 Å². The fraction of sp³-hybridized carbons (Fsp3) is 0.133. The molecule has 0 aliphatic carbocycles. The Kier molecular flexibility index (Phi) is 3.89. The van der Waals surface area contributed by atoms with Crippen LogP contribution in [0.5, 0.6) is 5.75 Å². The van der Waals surface area contributed by atoms with Gasteiger partial charge in [-0.15, -0.1) is 0 Å². The summed E-state index contributed by atoms with van der Waals surface area (Å²) in [4.78, 5) is 13.6. The lowest BCUT2D eigenvalue weighted by molar-refractivity contribution is 0.0785. The maximum absolute atomic E-state index is 13.2. The lowest BCUT2D eigenvalue weighted by atomic mass is 10.1. The Labute approximate surface area is 116 Å². The molecule has 0 saturated carbocycles. The van der Waals surface area contributed by atoms with Crippen LogP contribution in [0.2, 0.25) is 0 Å². The van der Waals surface area contributed by atoms with E-state index in [0.29, 0.717) is 6.54 Å². The van der Waals surface area contributed by atoms with Gasteiger partial charge in [-0.3, -0.25) is 4.79 Å². The summed E-state index contributed by atoms with van der Waals surface area (Å²) in [6.07, 6.45) is 0. The highest BCUT2D eigenvalue weighted by molar-refractivity contribution is 5.98. The maximum atomic E-state index is 13.2. The van der Waals surface area contributed by atoms with Crippen LogP contribution in [-0.2, 0) is 6.54 Å². The molecular formula is C15H15FN2O2. The first kappa shape index (κ1) is 13.9. The maximum Gasteiger partial charge on any atom is 0.256 e. The smallest absolute Gasteiger partial charge is 0.256 e. The Balaban J connectivity index is 2.18. The van der Waals surface area contributed by atoms with Crippen LogP contribution in [0.1, 0.15) is 15.9 Å². The number of amides is 1. The van der Waals surface area contributed by atoms with E-state index in [0.717, 1.165) is 11.6 Å². The van der Waals surface area contributed by atoms with Gasteiger partial charge < -0.3 is 15.7 Å². The van der Waals surface area contributed by atoms with Crippen LogP contribution < -0.4 is 5.73 Å². The average molecular weight is 274 g/mol. The second-order valence-electron chi connectivity index (χ2n) is 4.56. The number of nitrogens with two attached hydrogens (primary N) is 1. The van der Waals surface area contributed by atoms with Gasteiger partial charge in [0.05, 0.1) is 5.56 Å². The summed E-state index contributed by atoms with van der Waals surface area (Å²) < 4.78 is 13.2. The Bertz CT molecular complexity index is 644. The molecule has 0 fully saturated rings. The number of aromatic hydroxyl groups is 1. The number of carbonyl (C=O) groups is 1. The van der Waals surface area contributed by atoms with Crippen LogP contribution in [-0.4, -0.2) is 23.0 Å². The summed E-state index contributed by atoms with van der Waals surface area (Å²) in [6, 6.07) is 10.3. The molecule has 104 valence electrons. The van der Waals surface area contributed by atoms with Crippen molar-refractivity contribution in [3.63, 3.8) is 0 Å². The molecule has 20 heavy (non-hydrogen) atoms. The van der Waals surface area contributed by atoms with Crippen molar-refractivity contribution in [3.05, 3.63) is 59.4 Å². The van der Waals surface area contributed by atoms with Crippen molar-refractivity contribution < 1.29 is 14.3 Å². The number of nitrogen functional groups attached to an aromatic ring is 1. The van der Waals surface area contributed by atoms with Crippen molar-refractivity contribution in [2.45, 2.75) is 6.54 Å². The number of hydrogen-bond acceptors (Lipinski definition) is 3. The Morgan fingerprint density at radius 1 is 1.30 bits per heavy atom. The number of rotatable bonds is 3. The first-order valence-corrected chi connectivity index (χ1v) is 6.06. The van der Waals surface area contributed by atoms with Crippen LogP contribution in [0.25, 0.3) is 0 Å². The fourth-order valence-electron chi connectivity index (χ4n) is 1.92. The highest BCUT2D eigenvalue weighted by atomic mass is 19.1. The number of phenols is 1. The third-order valence-electron chi connectivity index (χ3n) is 2.92. The third-order valence-corrected chi connectivity index (χ3v) is 2.92. The molecule has 0 bridgehead atoms. The first-order chi connectivity index (χ1) is 9.47. The Hall–Kier alpha value is -2.56. The molecule has 3 N–H and O–H groups in total. The van der Waals surface area contributed by atoms with Gasteiger partial charge in [0.2, 0.25) is 0 Å². The highest BCUT2D eigenvalue weighted by Crippen LogP contribution is 2.18.